The molecule has 0 saturated heterocycles. The van der Waals surface area contributed by atoms with Gasteiger partial charge < -0.3 is 15.1 Å². The number of anilines is 1. The third kappa shape index (κ3) is 6.50. The first-order valence-electron chi connectivity index (χ1n) is 6.86. The highest BCUT2D eigenvalue weighted by Gasteiger charge is 2.04. The molecule has 0 atom stereocenters. The van der Waals surface area contributed by atoms with Gasteiger partial charge in [0.1, 0.15) is 5.82 Å². The van der Waals surface area contributed by atoms with E-state index in [1.54, 1.807) is 0 Å². The molecule has 0 aliphatic carbocycles. The summed E-state index contributed by atoms with van der Waals surface area (Å²) in [7, 11) is 6.19. The average Bonchev–Trinajstić information content (AvgIpc) is 2.36. The first-order valence-corrected chi connectivity index (χ1v) is 6.86. The van der Waals surface area contributed by atoms with Gasteiger partial charge in [0.05, 0.1) is 18.1 Å². The molecule has 0 aromatic carbocycles. The van der Waals surface area contributed by atoms with Crippen LogP contribution in [-0.4, -0.2) is 55.6 Å². The summed E-state index contributed by atoms with van der Waals surface area (Å²) in [6.45, 7) is 8.14. The third-order valence-electron chi connectivity index (χ3n) is 2.82. The summed E-state index contributed by atoms with van der Waals surface area (Å²) in [6, 6.07) is 0. The van der Waals surface area contributed by atoms with Crippen LogP contribution in [0.3, 0.4) is 0 Å². The maximum absolute atomic E-state index is 4.46. The molecule has 1 N–H and O–H groups in total. The van der Waals surface area contributed by atoms with Gasteiger partial charge in [-0.1, -0.05) is 13.8 Å². The van der Waals surface area contributed by atoms with Crippen molar-refractivity contribution < 1.29 is 0 Å². The van der Waals surface area contributed by atoms with Crippen LogP contribution < -0.4 is 10.2 Å². The van der Waals surface area contributed by atoms with Gasteiger partial charge in [-0.05, 0) is 26.6 Å². The third-order valence-corrected chi connectivity index (χ3v) is 2.82. The van der Waals surface area contributed by atoms with Crippen molar-refractivity contribution in [2.45, 2.75) is 20.4 Å². The van der Waals surface area contributed by atoms with E-state index in [9.17, 15) is 0 Å². The van der Waals surface area contributed by atoms with E-state index in [1.807, 2.05) is 19.4 Å². The van der Waals surface area contributed by atoms with E-state index in [4.69, 9.17) is 0 Å². The van der Waals surface area contributed by atoms with Gasteiger partial charge in [-0.3, -0.25) is 4.98 Å². The summed E-state index contributed by atoms with van der Waals surface area (Å²) >= 11 is 0. The predicted molar refractivity (Wildman–Crippen MR) is 80.4 cm³/mol. The molecule has 108 valence electrons. The molecule has 1 heterocycles. The fraction of sp³-hybridized carbons (Fsp3) is 0.714. The number of hydrogen-bond acceptors (Lipinski definition) is 5. The predicted octanol–water partition coefficient (Wildman–Crippen LogP) is 1.22. The number of nitrogens with one attached hydrogen (secondary N) is 1. The highest BCUT2D eigenvalue weighted by molar-refractivity contribution is 5.34. The average molecular weight is 265 g/mol. The molecule has 0 aliphatic heterocycles. The lowest BCUT2D eigenvalue weighted by atomic mass is 10.2. The molecule has 5 nitrogen and oxygen atoms in total. The van der Waals surface area contributed by atoms with Crippen molar-refractivity contribution in [2.24, 2.45) is 5.92 Å². The first-order chi connectivity index (χ1) is 8.99. The lowest BCUT2D eigenvalue weighted by molar-refractivity contribution is 0.416. The summed E-state index contributed by atoms with van der Waals surface area (Å²) < 4.78 is 0. The SMILES string of the molecule is CC(C)CNCc1cnc(N(C)CCN(C)C)cn1. The van der Waals surface area contributed by atoms with Crippen molar-refractivity contribution in [3.05, 3.63) is 18.1 Å². The number of likely N-dealkylation sites (N-methyl/N-ethyl adjacent to an activating group) is 2. The van der Waals surface area contributed by atoms with Crippen molar-refractivity contribution in [2.75, 3.05) is 45.7 Å². The quantitative estimate of drug-likeness (QED) is 0.765. The van der Waals surface area contributed by atoms with Gasteiger partial charge in [0.15, 0.2) is 0 Å². The molecule has 1 rings (SSSR count). The Labute approximate surface area is 117 Å². The van der Waals surface area contributed by atoms with Crippen molar-refractivity contribution in [1.82, 2.24) is 20.2 Å². The Bertz CT molecular complexity index is 347. The van der Waals surface area contributed by atoms with E-state index in [2.05, 4.69) is 53.0 Å². The van der Waals surface area contributed by atoms with Crippen LogP contribution >= 0.6 is 0 Å². The smallest absolute Gasteiger partial charge is 0.146 e. The summed E-state index contributed by atoms with van der Waals surface area (Å²) in [6.07, 6.45) is 3.71. The van der Waals surface area contributed by atoms with Crippen molar-refractivity contribution in [3.8, 4) is 0 Å². The lowest BCUT2D eigenvalue weighted by Crippen LogP contribution is -2.29. The molecule has 0 spiro atoms. The van der Waals surface area contributed by atoms with Crippen molar-refractivity contribution >= 4 is 5.82 Å². The lowest BCUT2D eigenvalue weighted by Gasteiger charge is -2.20. The molecule has 0 saturated carbocycles. The normalized spacial score (nSPS) is 11.3. The van der Waals surface area contributed by atoms with Crippen LogP contribution in [0, 0.1) is 5.92 Å². The van der Waals surface area contributed by atoms with E-state index >= 15 is 0 Å². The second-order valence-corrected chi connectivity index (χ2v) is 5.62. The van der Waals surface area contributed by atoms with Crippen LogP contribution in [0.2, 0.25) is 0 Å². The van der Waals surface area contributed by atoms with E-state index in [0.29, 0.717) is 5.92 Å². The molecule has 0 aliphatic rings. The monoisotopic (exact) mass is 265 g/mol. The molecule has 5 heteroatoms. The van der Waals surface area contributed by atoms with Crippen molar-refractivity contribution in [1.29, 1.82) is 0 Å². The summed E-state index contributed by atoms with van der Waals surface area (Å²) in [5.74, 6) is 1.58. The fourth-order valence-electron chi connectivity index (χ4n) is 1.59. The zero-order valence-corrected chi connectivity index (χ0v) is 12.8. The van der Waals surface area contributed by atoms with Gasteiger partial charge >= 0.3 is 0 Å². The molecular formula is C14H27N5. The second-order valence-electron chi connectivity index (χ2n) is 5.62. The molecular weight excluding hydrogens is 238 g/mol. The number of nitrogens with zero attached hydrogens (tertiary/aromatic N) is 4. The largest absolute Gasteiger partial charge is 0.357 e. The minimum Gasteiger partial charge on any atom is -0.357 e. The molecule has 0 radical (unpaired) electrons. The zero-order chi connectivity index (χ0) is 14.3. The van der Waals surface area contributed by atoms with E-state index in [1.165, 1.54) is 0 Å². The standard InChI is InChI=1S/C14H27N5/c1-12(2)8-15-9-13-10-17-14(11-16-13)19(5)7-6-18(3)4/h10-12,15H,6-9H2,1-5H3. The molecule has 1 aromatic rings. The molecule has 0 fully saturated rings. The molecule has 0 amide bonds. The number of aromatic nitrogens is 2. The van der Waals surface area contributed by atoms with Crippen LogP contribution in [0.5, 0.6) is 0 Å². The van der Waals surface area contributed by atoms with Gasteiger partial charge in [-0.2, -0.15) is 0 Å². The second kappa shape index (κ2) is 8.07. The molecule has 0 bridgehead atoms. The van der Waals surface area contributed by atoms with Gasteiger partial charge in [0, 0.05) is 26.7 Å². The van der Waals surface area contributed by atoms with Gasteiger partial charge in [0.2, 0.25) is 0 Å². The molecule has 0 unspecified atom stereocenters. The molecule has 19 heavy (non-hydrogen) atoms. The van der Waals surface area contributed by atoms with Gasteiger partial charge in [-0.25, -0.2) is 4.98 Å². The first kappa shape index (κ1) is 15.9. The zero-order valence-electron chi connectivity index (χ0n) is 12.8. The van der Waals surface area contributed by atoms with Crippen LogP contribution in [-0.2, 0) is 6.54 Å². The van der Waals surface area contributed by atoms with E-state index in [-0.39, 0.29) is 0 Å². The summed E-state index contributed by atoms with van der Waals surface area (Å²) in [5, 5.41) is 3.37. The Kier molecular flexibility index (Phi) is 6.73. The Hall–Kier alpha value is -1.20. The fourth-order valence-corrected chi connectivity index (χ4v) is 1.59. The Balaban J connectivity index is 2.42. The molecule has 1 aromatic heterocycles. The maximum Gasteiger partial charge on any atom is 0.146 e. The van der Waals surface area contributed by atoms with Crippen molar-refractivity contribution in [3.63, 3.8) is 0 Å². The number of rotatable bonds is 8. The van der Waals surface area contributed by atoms with Gasteiger partial charge in [0.25, 0.3) is 0 Å². The van der Waals surface area contributed by atoms with Gasteiger partial charge in [-0.15, -0.1) is 0 Å². The minimum atomic E-state index is 0.657. The minimum absolute atomic E-state index is 0.657. The van der Waals surface area contributed by atoms with Crippen LogP contribution in [0.1, 0.15) is 19.5 Å². The highest BCUT2D eigenvalue weighted by Crippen LogP contribution is 2.06. The maximum atomic E-state index is 4.46. The topological polar surface area (TPSA) is 44.3 Å². The number of hydrogen-bond donors (Lipinski definition) is 1. The Morgan fingerprint density at radius 1 is 1.11 bits per heavy atom. The summed E-state index contributed by atoms with van der Waals surface area (Å²) in [4.78, 5) is 13.2. The van der Waals surface area contributed by atoms with Crippen LogP contribution in [0.4, 0.5) is 5.82 Å². The Morgan fingerprint density at radius 3 is 2.37 bits per heavy atom. The van der Waals surface area contributed by atoms with E-state index < -0.39 is 0 Å². The Morgan fingerprint density at radius 2 is 1.84 bits per heavy atom. The van der Waals surface area contributed by atoms with Crippen LogP contribution in [0.15, 0.2) is 12.4 Å². The van der Waals surface area contributed by atoms with Crippen LogP contribution in [0.25, 0.3) is 0 Å². The highest BCUT2D eigenvalue weighted by atomic mass is 15.2. The van der Waals surface area contributed by atoms with E-state index in [0.717, 1.165) is 37.7 Å². The summed E-state index contributed by atoms with van der Waals surface area (Å²) in [5.41, 5.74) is 0.991.